The number of aromatic hydroxyl groups is 1. The number of methoxy groups -OCH3 is 2. The van der Waals surface area contributed by atoms with Gasteiger partial charge in [0.05, 0.1) is 53.7 Å². The molecule has 31 heteroatoms. The minimum Gasteiger partial charge on any atom is -0.508 e. The van der Waals surface area contributed by atoms with Crippen molar-refractivity contribution >= 4 is 317 Å². The van der Waals surface area contributed by atoms with Gasteiger partial charge in [-0.1, -0.05) is 274 Å². The van der Waals surface area contributed by atoms with Crippen LogP contribution in [0.3, 0.4) is 0 Å². The van der Waals surface area contributed by atoms with Crippen LogP contribution in [0.2, 0.25) is 70.3 Å². The number of benzene rings is 9. The number of rotatable bonds is 5. The Morgan fingerprint density at radius 2 is 0.711 bits per heavy atom. The summed E-state index contributed by atoms with van der Waals surface area (Å²) in [7, 11) is 3.14. The summed E-state index contributed by atoms with van der Waals surface area (Å²) in [6.45, 7) is 2.06. The number of carbonyl (C=O) groups is 1. The number of nitrogens with zero attached hydrogens (tertiary/aromatic N) is 2. The molecule has 9 rings (SSSR count). The molecule has 0 saturated carbocycles. The van der Waals surface area contributed by atoms with Crippen LogP contribution in [-0.4, -0.2) is 30.0 Å². The van der Waals surface area contributed by atoms with Gasteiger partial charge in [-0.05, 0) is 184 Å². The van der Waals surface area contributed by atoms with E-state index in [1.54, 1.807) is 67.8 Å². The van der Waals surface area contributed by atoms with E-state index in [1.807, 2.05) is 48.5 Å². The highest BCUT2D eigenvalue weighted by Gasteiger charge is 2.18. The summed E-state index contributed by atoms with van der Waals surface area (Å²) in [5.74, 6) is 1.20. The summed E-state index contributed by atoms with van der Waals surface area (Å²) in [4.78, 5) is 21.8. The molecule has 0 saturated heterocycles. The number of ketones is 1. The molecule has 0 radical (unpaired) electrons. The van der Waals surface area contributed by atoms with Crippen LogP contribution in [0.4, 0.5) is 5.69 Å². The lowest BCUT2D eigenvalue weighted by molar-refractivity contribution is -0.384. The third-order valence-corrected chi connectivity index (χ3v) is 18.4. The van der Waals surface area contributed by atoms with Gasteiger partial charge in [-0.25, -0.2) is 0 Å². The summed E-state index contributed by atoms with van der Waals surface area (Å²) in [5.41, 5.74) is 2.07. The normalized spacial score (nSPS) is 9.83. The van der Waals surface area contributed by atoms with Gasteiger partial charge in [-0.2, -0.15) is 5.26 Å². The van der Waals surface area contributed by atoms with Crippen molar-refractivity contribution in [2.75, 3.05) is 14.2 Å². The number of halogens is 23. The van der Waals surface area contributed by atoms with E-state index in [9.17, 15) is 14.9 Å². The highest BCUT2D eigenvalue weighted by molar-refractivity contribution is 9.12. The first-order chi connectivity index (χ1) is 42.0. The quantitative estimate of drug-likeness (QED) is 0.103. The van der Waals surface area contributed by atoms with Gasteiger partial charge >= 0.3 is 5.69 Å². The molecule has 0 aliphatic rings. The first-order valence-electron chi connectivity index (χ1n) is 23.4. The SMILES string of the molecule is Brc1cc(Br)cc(Br)c1.COc1c(Br)cc(Br)cc1Br.COc1c(Cl)cc(Cl)cc1Cl.Cc1c(Br)cc(Br)cc1Br.Clc1cc(Cl)cc(Cl)c1.N#Cc1c(Cl)cc(Cl)cc1Cl.O=C(c1ccc(O)cc1)c1cc(Cl)cc(Cl)c1.O=[N+]([O-])c1c(Cl)cc(Cl)cc1Cl. The molecule has 0 heterocycles. The molecular formula is C59H33Br9Cl14N2O6. The average Bonchev–Trinajstić information content (AvgIpc) is 1.31. The molecule has 9 aromatic carbocycles. The van der Waals surface area contributed by atoms with Crippen molar-refractivity contribution in [2.24, 2.45) is 0 Å². The fourth-order valence-corrected chi connectivity index (χ4v) is 17.4. The molecule has 0 spiro atoms. The van der Waals surface area contributed by atoms with Gasteiger partial charge in [0.25, 0.3) is 0 Å². The third kappa shape index (κ3) is 31.7. The molecule has 0 fully saturated rings. The Hall–Kier alpha value is -0.680. The van der Waals surface area contributed by atoms with E-state index in [4.69, 9.17) is 182 Å². The monoisotopic (exact) mass is 2070 g/mol. The molecule has 0 aromatic heterocycles. The minimum absolute atomic E-state index is 0.0579. The Morgan fingerprint density at radius 1 is 0.422 bits per heavy atom. The standard InChI is InChI=1S/C13H8Cl2O2.C7H5Br3O.C7H5Br3.C7H2Cl3N.C7H5Cl3O.C6H3Br3.C6H2Cl3NO2.C6H3Cl3/c14-10-5-9(6-11(15)7-10)13(17)8-1-3-12(16)4-2-8;1-11-7-5(9)2-4(8)3-6(7)10;1-4-6(9)2-5(8)3-7(4)10;8-4-1-6(9)5(3-11)7(10)2-4;1-11-7-5(9)2-4(8)3-6(7)10;7-4-1-5(8)3-6(9)2-4;7-3-1-4(8)6(10(11)12)5(9)2-3;7-4-1-5(8)3-6(9)2-4/h1-7,16H;2-3H,1H3;2-3H,1H3;1-2H;2-3H,1H3;1-3H;1-2H;1-3H. The topological polar surface area (TPSA) is 123 Å². The van der Waals surface area contributed by atoms with Gasteiger partial charge < -0.3 is 14.6 Å². The van der Waals surface area contributed by atoms with Crippen molar-refractivity contribution in [3.8, 4) is 23.3 Å². The summed E-state index contributed by atoms with van der Waals surface area (Å²) in [6.07, 6.45) is 0. The van der Waals surface area contributed by atoms with E-state index >= 15 is 0 Å². The minimum atomic E-state index is -0.652. The van der Waals surface area contributed by atoms with Gasteiger partial charge in [-0.15, -0.1) is 0 Å². The Balaban J connectivity index is 0.000000353. The number of hydrogen-bond donors (Lipinski definition) is 1. The molecule has 9 aromatic rings. The molecule has 0 atom stereocenters. The molecule has 0 aliphatic heterocycles. The van der Waals surface area contributed by atoms with E-state index < -0.39 is 4.92 Å². The predicted octanol–water partition coefficient (Wildman–Crippen LogP) is 30.5. The van der Waals surface area contributed by atoms with Crippen LogP contribution >= 0.6 is 306 Å². The maximum absolute atomic E-state index is 12.1. The molecule has 90 heavy (non-hydrogen) atoms. The van der Waals surface area contributed by atoms with Crippen LogP contribution in [0.15, 0.2) is 180 Å². The fraction of sp³-hybridized carbons (Fsp3) is 0.0508. The first-order valence-corrected chi connectivity index (χ1v) is 35.8. The summed E-state index contributed by atoms with van der Waals surface area (Å²) < 4.78 is 19.4. The van der Waals surface area contributed by atoms with Gasteiger partial charge in [0.15, 0.2) is 11.5 Å². The van der Waals surface area contributed by atoms with Crippen LogP contribution in [0.1, 0.15) is 27.0 Å². The second kappa shape index (κ2) is 43.6. The number of phenols is 1. The summed E-state index contributed by atoms with van der Waals surface area (Å²) in [6, 6.07) is 40.0. The van der Waals surface area contributed by atoms with E-state index in [0.29, 0.717) is 62.1 Å². The molecule has 0 bridgehead atoms. The number of carbonyl (C=O) groups excluding carboxylic acids is 1. The number of phenolic OH excluding ortho intramolecular Hbond substituents is 1. The van der Waals surface area contributed by atoms with Crippen molar-refractivity contribution in [1.82, 2.24) is 0 Å². The Kier molecular flexibility index (Phi) is 41.3. The van der Waals surface area contributed by atoms with Crippen molar-refractivity contribution in [1.29, 1.82) is 5.26 Å². The van der Waals surface area contributed by atoms with Crippen molar-refractivity contribution in [3.63, 3.8) is 0 Å². The predicted molar refractivity (Wildman–Crippen MR) is 412 cm³/mol. The van der Waals surface area contributed by atoms with Crippen LogP contribution in [0.25, 0.3) is 0 Å². The van der Waals surface area contributed by atoms with Gasteiger partial charge in [-0.3, -0.25) is 14.9 Å². The first kappa shape index (κ1) is 85.4. The van der Waals surface area contributed by atoms with E-state index in [2.05, 4.69) is 150 Å². The Labute approximate surface area is 664 Å². The summed E-state index contributed by atoms with van der Waals surface area (Å²) in [5, 5.41) is 33.0. The molecule has 1 N–H and O–H groups in total. The second-order valence-electron chi connectivity index (χ2n) is 16.3. The second-order valence-corrected chi connectivity index (χ2v) is 30.3. The fourth-order valence-electron chi connectivity index (χ4n) is 5.93. The van der Waals surface area contributed by atoms with Crippen molar-refractivity contribution in [2.45, 2.75) is 6.92 Å². The van der Waals surface area contributed by atoms with Gasteiger partial charge in [0.1, 0.15) is 27.6 Å². The highest BCUT2D eigenvalue weighted by atomic mass is 79.9. The molecular weight excluding hydrogens is 2050 g/mol. The highest BCUT2D eigenvalue weighted by Crippen LogP contribution is 2.38. The van der Waals surface area contributed by atoms with E-state index in [-0.39, 0.29) is 47.9 Å². The molecule has 0 unspecified atom stereocenters. The van der Waals surface area contributed by atoms with Crippen LogP contribution in [0, 0.1) is 28.4 Å². The lowest BCUT2D eigenvalue weighted by atomic mass is 10.0. The Bertz CT molecular complexity index is 3660. The van der Waals surface area contributed by atoms with Gasteiger partial charge in [0, 0.05) is 82.6 Å². The van der Waals surface area contributed by atoms with Crippen LogP contribution < -0.4 is 9.47 Å². The largest absolute Gasteiger partial charge is 0.508 e. The number of hydrogen-bond acceptors (Lipinski definition) is 7. The smallest absolute Gasteiger partial charge is 0.306 e. The maximum Gasteiger partial charge on any atom is 0.306 e. The molecule has 0 aliphatic carbocycles. The van der Waals surface area contributed by atoms with E-state index in [1.165, 1.54) is 49.1 Å². The number of nitro groups is 1. The Morgan fingerprint density at radius 3 is 1.03 bits per heavy atom. The van der Waals surface area contributed by atoms with Crippen molar-refractivity contribution in [3.05, 3.63) is 282 Å². The molecule has 476 valence electrons. The van der Waals surface area contributed by atoms with Crippen LogP contribution in [-0.2, 0) is 0 Å². The lowest BCUT2D eigenvalue weighted by Gasteiger charge is -2.05. The zero-order valence-corrected chi connectivity index (χ0v) is 69.7. The average molecular weight is 2080 g/mol. The lowest BCUT2D eigenvalue weighted by Crippen LogP contribution is -2.00. The third-order valence-electron chi connectivity index (χ3n) is 9.77. The molecule has 8 nitrogen and oxygen atoms in total. The summed E-state index contributed by atoms with van der Waals surface area (Å²) >= 11 is 109. The number of ether oxygens (including phenoxy) is 2. The van der Waals surface area contributed by atoms with E-state index in [0.717, 1.165) is 46.0 Å². The van der Waals surface area contributed by atoms with Crippen molar-refractivity contribution < 1.29 is 24.3 Å². The zero-order valence-electron chi connectivity index (χ0n) is 44.9. The zero-order chi connectivity index (χ0) is 68.4. The maximum atomic E-state index is 12.1. The molecule has 0 amide bonds. The van der Waals surface area contributed by atoms with Crippen LogP contribution in [0.5, 0.6) is 17.2 Å². The number of nitriles is 1. The number of nitro benzene ring substituents is 1. The van der Waals surface area contributed by atoms with Gasteiger partial charge in [0.2, 0.25) is 0 Å².